The topological polar surface area (TPSA) is 113 Å². The average Bonchev–Trinajstić information content (AvgIpc) is 3.25. The minimum Gasteiger partial charge on any atom is -0.469 e. The molecule has 0 radical (unpaired) electrons. The van der Waals surface area contributed by atoms with Crippen molar-refractivity contribution < 1.29 is 19.1 Å². The average molecular weight is 332 g/mol. The number of nitrogens with one attached hydrogen (secondary N) is 1. The Labute approximate surface area is 139 Å². The van der Waals surface area contributed by atoms with Crippen LogP contribution in [0.5, 0.6) is 0 Å². The van der Waals surface area contributed by atoms with E-state index >= 15 is 0 Å². The monoisotopic (exact) mass is 332 g/mol. The Morgan fingerprint density at radius 1 is 1.42 bits per heavy atom. The van der Waals surface area contributed by atoms with Gasteiger partial charge >= 0.3 is 12.1 Å². The van der Waals surface area contributed by atoms with Crippen LogP contribution < -0.4 is 5.32 Å². The molecule has 1 N–H and O–H groups in total. The summed E-state index contributed by atoms with van der Waals surface area (Å²) in [6.07, 6.45) is 0.785. The third-order valence-electron chi connectivity index (χ3n) is 4.19. The molecule has 24 heavy (non-hydrogen) atoms. The molecule has 8 nitrogen and oxygen atoms in total. The molecule has 2 unspecified atom stereocenters. The summed E-state index contributed by atoms with van der Waals surface area (Å²) in [6.45, 7) is 0.451. The maximum atomic E-state index is 11.9. The molecule has 1 saturated carbocycles. The summed E-state index contributed by atoms with van der Waals surface area (Å²) in [7, 11) is 1.32. The van der Waals surface area contributed by atoms with E-state index in [-0.39, 0.29) is 31.6 Å². The van der Waals surface area contributed by atoms with Gasteiger partial charge in [0.15, 0.2) is 0 Å². The molecule has 2 rings (SSSR count). The molecule has 2 atom stereocenters. The Kier molecular flexibility index (Phi) is 6.03. The van der Waals surface area contributed by atoms with Gasteiger partial charge in [0.25, 0.3) is 0 Å². The summed E-state index contributed by atoms with van der Waals surface area (Å²) in [5.74, 6) is -0.349. The fourth-order valence-electron chi connectivity index (χ4n) is 2.70. The van der Waals surface area contributed by atoms with E-state index in [1.165, 1.54) is 7.11 Å². The number of hydrogen-bond acceptors (Lipinski definition) is 5. The van der Waals surface area contributed by atoms with Gasteiger partial charge in [-0.25, -0.2) is 4.79 Å². The maximum absolute atomic E-state index is 11.9. The molecule has 0 bridgehead atoms. The van der Waals surface area contributed by atoms with E-state index in [2.05, 4.69) is 15.3 Å². The van der Waals surface area contributed by atoms with Crippen molar-refractivity contribution in [3.05, 3.63) is 46.3 Å². The highest BCUT2D eigenvalue weighted by Gasteiger charge is 2.55. The van der Waals surface area contributed by atoms with Crippen LogP contribution in [-0.2, 0) is 20.9 Å². The van der Waals surface area contributed by atoms with Crippen molar-refractivity contribution in [2.45, 2.75) is 31.9 Å². The van der Waals surface area contributed by atoms with Crippen LogP contribution in [0.1, 0.15) is 24.8 Å². The Bertz CT molecular complexity index is 630. The van der Waals surface area contributed by atoms with Crippen LogP contribution in [0.25, 0.3) is 10.4 Å². The van der Waals surface area contributed by atoms with Gasteiger partial charge in [-0.05, 0) is 23.9 Å². The molecule has 1 aliphatic carbocycles. The molecule has 1 amide bonds. The standard InChI is InChI=1S/C16H20N4O4/c1-23-14(21)10-16(7-8-18-20-17)9-13(16)19-15(22)24-11-12-5-3-2-4-6-12/h2-6,13H,7-11H2,1H3,(H,19,22). The number of carbonyl (C=O) groups excluding carboxylic acids is 2. The van der Waals surface area contributed by atoms with Gasteiger partial charge in [0.2, 0.25) is 0 Å². The van der Waals surface area contributed by atoms with Crippen molar-refractivity contribution in [1.29, 1.82) is 0 Å². The van der Waals surface area contributed by atoms with Crippen LogP contribution in [0, 0.1) is 5.41 Å². The molecule has 8 heteroatoms. The summed E-state index contributed by atoms with van der Waals surface area (Å²) < 4.78 is 9.89. The summed E-state index contributed by atoms with van der Waals surface area (Å²) in [5.41, 5.74) is 8.85. The third kappa shape index (κ3) is 4.89. The van der Waals surface area contributed by atoms with Crippen molar-refractivity contribution >= 4 is 12.1 Å². The molecule has 0 saturated heterocycles. The lowest BCUT2D eigenvalue weighted by atomic mass is 9.97. The zero-order valence-corrected chi connectivity index (χ0v) is 13.5. The number of rotatable bonds is 8. The van der Waals surface area contributed by atoms with Crippen LogP contribution in [0.4, 0.5) is 4.79 Å². The molecule has 0 spiro atoms. The van der Waals surface area contributed by atoms with Crippen LogP contribution in [0.15, 0.2) is 35.4 Å². The largest absolute Gasteiger partial charge is 0.469 e. The first-order valence-electron chi connectivity index (χ1n) is 7.64. The van der Waals surface area contributed by atoms with Crippen LogP contribution in [-0.4, -0.2) is 31.8 Å². The molecule has 0 heterocycles. The predicted octanol–water partition coefficient (Wildman–Crippen LogP) is 2.94. The van der Waals surface area contributed by atoms with Gasteiger partial charge in [0.05, 0.1) is 13.5 Å². The van der Waals surface area contributed by atoms with E-state index in [4.69, 9.17) is 15.0 Å². The SMILES string of the molecule is COC(=O)CC1(CCN=[N+]=[N-])CC1NC(=O)OCc1ccccc1. The van der Waals surface area contributed by atoms with Gasteiger partial charge in [0, 0.05) is 22.9 Å². The second-order valence-corrected chi connectivity index (χ2v) is 5.78. The van der Waals surface area contributed by atoms with Gasteiger partial charge < -0.3 is 14.8 Å². The van der Waals surface area contributed by atoms with E-state index in [0.29, 0.717) is 12.8 Å². The molecule has 1 aromatic carbocycles. The number of azide groups is 1. The lowest BCUT2D eigenvalue weighted by molar-refractivity contribution is -0.142. The van der Waals surface area contributed by atoms with Gasteiger partial charge in [-0.15, -0.1) is 0 Å². The molecular weight excluding hydrogens is 312 g/mol. The number of methoxy groups -OCH3 is 1. The lowest BCUT2D eigenvalue weighted by Crippen LogP contribution is -2.31. The number of esters is 1. The minimum atomic E-state index is -0.528. The number of alkyl carbamates (subject to hydrolysis) is 1. The second kappa shape index (κ2) is 8.21. The first-order chi connectivity index (χ1) is 11.6. The molecule has 1 fully saturated rings. The van der Waals surface area contributed by atoms with E-state index in [9.17, 15) is 9.59 Å². The van der Waals surface area contributed by atoms with Gasteiger partial charge in [-0.1, -0.05) is 35.4 Å². The van der Waals surface area contributed by atoms with Crippen LogP contribution in [0.3, 0.4) is 0 Å². The third-order valence-corrected chi connectivity index (χ3v) is 4.19. The molecular formula is C16H20N4O4. The van der Waals surface area contributed by atoms with Crippen molar-refractivity contribution in [2.75, 3.05) is 13.7 Å². The Hall–Kier alpha value is -2.73. The summed E-state index contributed by atoms with van der Waals surface area (Å²) >= 11 is 0. The second-order valence-electron chi connectivity index (χ2n) is 5.78. The fourth-order valence-corrected chi connectivity index (χ4v) is 2.70. The fraction of sp³-hybridized carbons (Fsp3) is 0.500. The van der Waals surface area contributed by atoms with Crippen LogP contribution >= 0.6 is 0 Å². The number of benzene rings is 1. The number of nitrogens with zero attached hydrogens (tertiary/aromatic N) is 3. The Morgan fingerprint density at radius 2 is 2.17 bits per heavy atom. The van der Waals surface area contributed by atoms with Gasteiger partial charge in [-0.3, -0.25) is 4.79 Å². The van der Waals surface area contributed by atoms with E-state index in [1.807, 2.05) is 30.3 Å². The first-order valence-corrected chi connectivity index (χ1v) is 7.64. The smallest absolute Gasteiger partial charge is 0.407 e. The molecule has 1 aliphatic rings. The molecule has 128 valence electrons. The zero-order chi connectivity index (χ0) is 17.4. The van der Waals surface area contributed by atoms with E-state index < -0.39 is 11.5 Å². The van der Waals surface area contributed by atoms with Gasteiger partial charge in [0.1, 0.15) is 6.61 Å². The van der Waals surface area contributed by atoms with Crippen molar-refractivity contribution in [1.82, 2.24) is 5.32 Å². The number of hydrogen-bond donors (Lipinski definition) is 1. The van der Waals surface area contributed by atoms with E-state index in [0.717, 1.165) is 5.56 Å². The van der Waals surface area contributed by atoms with Crippen LogP contribution in [0.2, 0.25) is 0 Å². The summed E-state index contributed by atoms with van der Waals surface area (Å²) in [5, 5.41) is 6.27. The highest BCUT2D eigenvalue weighted by Crippen LogP contribution is 2.52. The molecule has 0 aromatic heterocycles. The number of ether oxygens (including phenoxy) is 2. The van der Waals surface area contributed by atoms with Gasteiger partial charge in [-0.2, -0.15) is 0 Å². The summed E-state index contributed by atoms with van der Waals surface area (Å²) in [6, 6.07) is 9.17. The zero-order valence-electron chi connectivity index (χ0n) is 13.5. The minimum absolute atomic E-state index is 0.175. The van der Waals surface area contributed by atoms with E-state index in [1.54, 1.807) is 0 Å². The lowest BCUT2D eigenvalue weighted by Gasteiger charge is -2.15. The maximum Gasteiger partial charge on any atom is 0.407 e. The quantitative estimate of drug-likeness (QED) is 0.341. The van der Waals surface area contributed by atoms with Crippen molar-refractivity contribution in [3.8, 4) is 0 Å². The molecule has 0 aliphatic heterocycles. The Balaban J connectivity index is 1.84. The first kappa shape index (κ1) is 17.6. The highest BCUT2D eigenvalue weighted by atomic mass is 16.5. The van der Waals surface area contributed by atoms with Crippen molar-refractivity contribution in [3.63, 3.8) is 0 Å². The summed E-state index contributed by atoms with van der Waals surface area (Å²) in [4.78, 5) is 26.2. The number of amides is 1. The van der Waals surface area contributed by atoms with Crippen molar-refractivity contribution in [2.24, 2.45) is 10.5 Å². The Morgan fingerprint density at radius 3 is 2.83 bits per heavy atom. The highest BCUT2D eigenvalue weighted by molar-refractivity contribution is 5.72. The predicted molar refractivity (Wildman–Crippen MR) is 85.9 cm³/mol. The normalized spacial score (nSPS) is 21.3. The molecule has 1 aromatic rings. The number of carbonyl (C=O) groups is 2.